The summed E-state index contributed by atoms with van der Waals surface area (Å²) in [5.74, 6) is 3.33. The van der Waals surface area contributed by atoms with Crippen molar-refractivity contribution in [1.82, 2.24) is 20.3 Å². The van der Waals surface area contributed by atoms with Crippen molar-refractivity contribution in [1.29, 1.82) is 0 Å². The highest BCUT2D eigenvalue weighted by Gasteiger charge is 2.23. The predicted molar refractivity (Wildman–Crippen MR) is 124 cm³/mol. The van der Waals surface area contributed by atoms with Gasteiger partial charge < -0.3 is 19.5 Å². The molecular weight excluding hydrogens is 446 g/mol. The van der Waals surface area contributed by atoms with Crippen LogP contribution in [0.2, 0.25) is 0 Å². The van der Waals surface area contributed by atoms with E-state index in [0.717, 1.165) is 82.0 Å². The second-order valence-corrected chi connectivity index (χ2v) is 7.76. The lowest BCUT2D eigenvalue weighted by atomic mass is 9.93. The van der Waals surface area contributed by atoms with E-state index in [9.17, 15) is 0 Å². The maximum absolute atomic E-state index is 5.79. The van der Waals surface area contributed by atoms with Gasteiger partial charge in [-0.05, 0) is 31.9 Å². The van der Waals surface area contributed by atoms with Crippen LogP contribution in [0.25, 0.3) is 0 Å². The molecule has 0 saturated carbocycles. The zero-order valence-electron chi connectivity index (χ0n) is 17.8. The number of hydrogen-bond acceptors (Lipinski definition) is 5. The molecule has 2 aliphatic rings. The van der Waals surface area contributed by atoms with Gasteiger partial charge in [-0.25, -0.2) is 0 Å². The first-order valence-corrected chi connectivity index (χ1v) is 10.6. The lowest BCUT2D eigenvalue weighted by molar-refractivity contribution is 0.169. The Kier molecular flexibility index (Phi) is 8.16. The van der Waals surface area contributed by atoms with Gasteiger partial charge in [0, 0.05) is 57.8 Å². The first kappa shape index (κ1) is 22.6. The number of halogens is 1. The van der Waals surface area contributed by atoms with Crippen LogP contribution in [-0.2, 0) is 6.54 Å². The molecule has 0 radical (unpaired) electrons. The summed E-state index contributed by atoms with van der Waals surface area (Å²) in [4.78, 5) is 9.80. The second-order valence-electron chi connectivity index (χ2n) is 7.76. The van der Waals surface area contributed by atoms with Gasteiger partial charge in [-0.15, -0.1) is 17.0 Å². The fraction of sp³-hybridized carbons (Fsp3) is 0.545. The van der Waals surface area contributed by atoms with Crippen LogP contribution in [0.5, 0.6) is 5.75 Å². The molecule has 1 fully saturated rings. The summed E-state index contributed by atoms with van der Waals surface area (Å²) >= 11 is 0. The Balaban J connectivity index is 0.00000256. The van der Waals surface area contributed by atoms with E-state index in [0.29, 0.717) is 5.92 Å². The minimum atomic E-state index is 0. The number of piperazine rings is 1. The second kappa shape index (κ2) is 10.8. The standard InChI is InChI=1S/C22H31N5O2.BrH/c1-3-23-22(24-15-18-8-13-28-21-7-5-4-6-20(18)21)27-11-9-26(10-12-27)16-19-14-17(2)29-25-19;/h4-7,14,18H,3,8-13,15-16H2,1-2H3,(H,23,24);1H. The Morgan fingerprint density at radius 1 is 1.23 bits per heavy atom. The van der Waals surface area contributed by atoms with E-state index in [-0.39, 0.29) is 17.0 Å². The molecule has 1 atom stereocenters. The van der Waals surface area contributed by atoms with Crippen molar-refractivity contribution in [3.63, 3.8) is 0 Å². The number of ether oxygens (including phenoxy) is 1. The molecule has 1 unspecified atom stereocenters. The maximum Gasteiger partial charge on any atom is 0.194 e. The lowest BCUT2D eigenvalue weighted by Crippen LogP contribution is -2.52. The maximum atomic E-state index is 5.79. The fourth-order valence-corrected chi connectivity index (χ4v) is 4.07. The Hall–Kier alpha value is -2.06. The van der Waals surface area contributed by atoms with E-state index >= 15 is 0 Å². The van der Waals surface area contributed by atoms with Crippen molar-refractivity contribution in [3.05, 3.63) is 47.3 Å². The van der Waals surface area contributed by atoms with E-state index in [4.69, 9.17) is 14.3 Å². The summed E-state index contributed by atoms with van der Waals surface area (Å²) in [6.07, 6.45) is 1.02. The molecule has 1 N–H and O–H groups in total. The fourth-order valence-electron chi connectivity index (χ4n) is 4.07. The summed E-state index contributed by atoms with van der Waals surface area (Å²) in [7, 11) is 0. The number of aromatic nitrogens is 1. The number of fused-ring (bicyclic) bond motifs is 1. The van der Waals surface area contributed by atoms with Gasteiger partial charge in [0.15, 0.2) is 5.96 Å². The third-order valence-electron chi connectivity index (χ3n) is 5.61. The van der Waals surface area contributed by atoms with Crippen molar-refractivity contribution in [2.24, 2.45) is 4.99 Å². The first-order chi connectivity index (χ1) is 14.2. The SMILES string of the molecule is Br.CCNC(=NCC1CCOc2ccccc21)N1CCN(Cc2cc(C)on2)CC1. The Labute approximate surface area is 189 Å². The van der Waals surface area contributed by atoms with Gasteiger partial charge in [0.2, 0.25) is 0 Å². The normalized spacial score (nSPS) is 19.6. The number of para-hydroxylation sites is 1. The van der Waals surface area contributed by atoms with Crippen molar-refractivity contribution in [3.8, 4) is 5.75 Å². The minimum Gasteiger partial charge on any atom is -0.493 e. The van der Waals surface area contributed by atoms with Crippen LogP contribution in [0.1, 0.15) is 36.3 Å². The number of aliphatic imine (C=N–C) groups is 1. The van der Waals surface area contributed by atoms with Crippen LogP contribution in [0.4, 0.5) is 0 Å². The van der Waals surface area contributed by atoms with E-state index < -0.39 is 0 Å². The first-order valence-electron chi connectivity index (χ1n) is 10.6. The number of nitrogens with one attached hydrogen (secondary N) is 1. The average Bonchev–Trinajstić information content (AvgIpc) is 3.16. The molecule has 0 aliphatic carbocycles. The third-order valence-corrected chi connectivity index (χ3v) is 5.61. The van der Waals surface area contributed by atoms with E-state index in [1.807, 2.05) is 19.1 Å². The van der Waals surface area contributed by atoms with Gasteiger partial charge in [-0.3, -0.25) is 9.89 Å². The molecule has 1 aromatic carbocycles. The van der Waals surface area contributed by atoms with Gasteiger partial charge in [0.05, 0.1) is 12.3 Å². The van der Waals surface area contributed by atoms with Crippen LogP contribution in [0, 0.1) is 6.92 Å². The van der Waals surface area contributed by atoms with Gasteiger partial charge in [0.25, 0.3) is 0 Å². The quantitative estimate of drug-likeness (QED) is 0.526. The van der Waals surface area contributed by atoms with E-state index in [2.05, 4.69) is 45.4 Å². The molecule has 0 amide bonds. The van der Waals surface area contributed by atoms with Crippen LogP contribution in [-0.4, -0.2) is 66.8 Å². The monoisotopic (exact) mass is 477 g/mol. The molecule has 30 heavy (non-hydrogen) atoms. The van der Waals surface area contributed by atoms with Crippen LogP contribution >= 0.6 is 17.0 Å². The number of nitrogens with zero attached hydrogens (tertiary/aromatic N) is 4. The number of rotatable bonds is 5. The zero-order valence-corrected chi connectivity index (χ0v) is 19.6. The van der Waals surface area contributed by atoms with Crippen LogP contribution in [0.15, 0.2) is 39.8 Å². The topological polar surface area (TPSA) is 66.1 Å². The Morgan fingerprint density at radius 3 is 2.77 bits per heavy atom. The molecule has 4 rings (SSSR count). The smallest absolute Gasteiger partial charge is 0.194 e. The molecule has 0 bridgehead atoms. The molecule has 1 saturated heterocycles. The minimum absolute atomic E-state index is 0. The highest BCUT2D eigenvalue weighted by molar-refractivity contribution is 8.93. The molecule has 0 spiro atoms. The largest absolute Gasteiger partial charge is 0.493 e. The lowest BCUT2D eigenvalue weighted by Gasteiger charge is -2.36. The van der Waals surface area contributed by atoms with Crippen molar-refractivity contribution < 1.29 is 9.26 Å². The van der Waals surface area contributed by atoms with Crippen LogP contribution < -0.4 is 10.1 Å². The van der Waals surface area contributed by atoms with Crippen molar-refractivity contribution in [2.75, 3.05) is 45.9 Å². The van der Waals surface area contributed by atoms with Gasteiger partial charge in [0.1, 0.15) is 11.5 Å². The average molecular weight is 478 g/mol. The molecular formula is C22H32BrN5O2. The molecule has 3 heterocycles. The number of hydrogen-bond donors (Lipinski definition) is 1. The summed E-state index contributed by atoms with van der Waals surface area (Å²) in [5.41, 5.74) is 2.29. The Bertz CT molecular complexity index is 832. The third kappa shape index (κ3) is 5.55. The molecule has 164 valence electrons. The summed E-state index contributed by atoms with van der Waals surface area (Å²) in [5, 5.41) is 7.60. The number of guanidine groups is 1. The van der Waals surface area contributed by atoms with E-state index in [1.54, 1.807) is 0 Å². The van der Waals surface area contributed by atoms with Crippen molar-refractivity contribution >= 4 is 22.9 Å². The highest BCUT2D eigenvalue weighted by Crippen LogP contribution is 2.33. The molecule has 2 aliphatic heterocycles. The molecule has 7 nitrogen and oxygen atoms in total. The van der Waals surface area contributed by atoms with Gasteiger partial charge >= 0.3 is 0 Å². The van der Waals surface area contributed by atoms with E-state index in [1.165, 1.54) is 5.56 Å². The highest BCUT2D eigenvalue weighted by atomic mass is 79.9. The zero-order chi connectivity index (χ0) is 20.1. The van der Waals surface area contributed by atoms with Crippen LogP contribution in [0.3, 0.4) is 0 Å². The summed E-state index contributed by atoms with van der Waals surface area (Å²) in [6.45, 7) is 11.3. The summed E-state index contributed by atoms with van der Waals surface area (Å²) < 4.78 is 11.0. The predicted octanol–water partition coefficient (Wildman–Crippen LogP) is 3.21. The number of benzene rings is 1. The Morgan fingerprint density at radius 2 is 2.03 bits per heavy atom. The summed E-state index contributed by atoms with van der Waals surface area (Å²) in [6, 6.07) is 10.4. The van der Waals surface area contributed by atoms with Gasteiger partial charge in [-0.2, -0.15) is 0 Å². The molecule has 1 aromatic heterocycles. The van der Waals surface area contributed by atoms with Gasteiger partial charge in [-0.1, -0.05) is 23.4 Å². The molecule has 2 aromatic rings. The molecule has 8 heteroatoms. The number of aryl methyl sites for hydroxylation is 1. The van der Waals surface area contributed by atoms with Crippen molar-refractivity contribution in [2.45, 2.75) is 32.7 Å².